The van der Waals surface area contributed by atoms with E-state index < -0.39 is 0 Å². The van der Waals surface area contributed by atoms with Crippen molar-refractivity contribution in [2.24, 2.45) is 16.6 Å². The van der Waals surface area contributed by atoms with Crippen LogP contribution in [0.15, 0.2) is 27.7 Å². The third kappa shape index (κ3) is 8.13. The van der Waals surface area contributed by atoms with Crippen molar-refractivity contribution in [3.63, 3.8) is 0 Å². The first-order chi connectivity index (χ1) is 11.3. The van der Waals surface area contributed by atoms with Crippen molar-refractivity contribution >= 4 is 39.4 Å². The van der Waals surface area contributed by atoms with Crippen molar-refractivity contribution in [3.05, 3.63) is 33.3 Å². The first kappa shape index (κ1) is 20.9. The zero-order chi connectivity index (χ0) is 18.1. The number of hydrogen-bond acceptors (Lipinski definition) is 2. The molecular weight excluding hydrogens is 394 g/mol. The lowest BCUT2D eigenvalue weighted by atomic mass is 10.1. The van der Waals surface area contributed by atoms with E-state index in [2.05, 4.69) is 39.8 Å². The van der Waals surface area contributed by atoms with Gasteiger partial charge in [-0.25, -0.2) is 4.99 Å². The summed E-state index contributed by atoms with van der Waals surface area (Å²) in [5.74, 6) is 0.881. The molecule has 24 heavy (non-hydrogen) atoms. The molecule has 5 nitrogen and oxygen atoms in total. The molecular formula is C17H26BrClN3O2+. The van der Waals surface area contributed by atoms with E-state index in [4.69, 9.17) is 26.8 Å². The maximum Gasteiger partial charge on any atom is 0.495 e. The summed E-state index contributed by atoms with van der Waals surface area (Å²) in [6.45, 7) is 9.13. The molecule has 1 aromatic rings. The van der Waals surface area contributed by atoms with Gasteiger partial charge in [-0.05, 0) is 44.4 Å². The van der Waals surface area contributed by atoms with Crippen molar-refractivity contribution in [1.82, 2.24) is 0 Å². The van der Waals surface area contributed by atoms with Gasteiger partial charge in [0.05, 0.1) is 17.2 Å². The third-order valence-electron chi connectivity index (χ3n) is 2.94. The van der Waals surface area contributed by atoms with Crippen molar-refractivity contribution in [2.45, 2.75) is 40.2 Å². The van der Waals surface area contributed by atoms with Crippen LogP contribution in [-0.4, -0.2) is 31.3 Å². The summed E-state index contributed by atoms with van der Waals surface area (Å²) < 4.78 is 12.0. The number of nitrogens with one attached hydrogen (secondary N) is 1. The van der Waals surface area contributed by atoms with E-state index in [0.717, 1.165) is 10.9 Å². The number of nitrogens with zero attached hydrogens (tertiary/aromatic N) is 1. The summed E-state index contributed by atoms with van der Waals surface area (Å²) in [7, 11) is 0. The van der Waals surface area contributed by atoms with E-state index in [1.165, 1.54) is 0 Å². The highest BCUT2D eigenvalue weighted by atomic mass is 79.9. The number of halogens is 2. The molecule has 0 atom stereocenters. The monoisotopic (exact) mass is 418 g/mol. The summed E-state index contributed by atoms with van der Waals surface area (Å²) >= 11 is 9.57. The minimum absolute atomic E-state index is 0.0416. The highest BCUT2D eigenvalue weighted by Gasteiger charge is 2.16. The Kier molecular flexibility index (Phi) is 9.33. The Morgan fingerprint density at radius 1 is 1.33 bits per heavy atom. The van der Waals surface area contributed by atoms with Gasteiger partial charge in [0.25, 0.3) is 5.84 Å². The Bertz CT molecular complexity index is 589. The molecule has 0 aliphatic carbocycles. The molecule has 1 rings (SSSR count). The van der Waals surface area contributed by atoms with Gasteiger partial charge in [-0.1, -0.05) is 41.4 Å². The van der Waals surface area contributed by atoms with Crippen LogP contribution in [0.3, 0.4) is 0 Å². The Hall–Kier alpha value is -1.11. The topological polar surface area (TPSA) is 70.8 Å². The van der Waals surface area contributed by atoms with Crippen LogP contribution < -0.4 is 10.7 Å². The highest BCUT2D eigenvalue weighted by molar-refractivity contribution is 9.10. The Morgan fingerprint density at radius 2 is 2.04 bits per heavy atom. The first-order valence-electron chi connectivity index (χ1n) is 7.94. The third-order valence-corrected chi connectivity index (χ3v) is 3.75. The molecule has 0 fully saturated rings. The SMILES string of the molecule is CC(C)CCOC[NH+]=C(N=C(N)c1ccc(Br)cc1Cl)OC(C)C. The minimum atomic E-state index is -0.0416. The highest BCUT2D eigenvalue weighted by Crippen LogP contribution is 2.21. The standard InChI is InChI=1S/C17H25BrClN3O2/c1-11(2)7-8-23-10-21-17(24-12(3)4)22-16(20)14-6-5-13(18)9-15(14)19/h5-6,9,11-12H,7-8,10H2,1-4H3,(H2,20,21,22)/p+1. The van der Waals surface area contributed by atoms with Crippen LogP contribution >= 0.6 is 27.5 Å². The quantitative estimate of drug-likeness (QED) is 0.309. The largest absolute Gasteiger partial charge is 0.495 e. The van der Waals surface area contributed by atoms with E-state index in [1.54, 1.807) is 12.1 Å². The molecule has 3 N–H and O–H groups in total. The molecule has 0 saturated carbocycles. The Labute approximate surface area is 157 Å². The summed E-state index contributed by atoms with van der Waals surface area (Å²) in [6, 6.07) is 5.74. The minimum Gasteiger partial charge on any atom is -0.426 e. The average Bonchev–Trinajstić information content (AvgIpc) is 2.45. The van der Waals surface area contributed by atoms with Crippen molar-refractivity contribution in [3.8, 4) is 0 Å². The van der Waals surface area contributed by atoms with Gasteiger partial charge in [-0.2, -0.15) is 0 Å². The molecule has 0 spiro atoms. The molecule has 134 valence electrons. The van der Waals surface area contributed by atoms with E-state index in [9.17, 15) is 0 Å². The second-order valence-corrected chi connectivity index (χ2v) is 7.33. The Morgan fingerprint density at radius 3 is 2.62 bits per heavy atom. The normalized spacial score (nSPS) is 13.0. The van der Waals surface area contributed by atoms with Gasteiger partial charge in [-0.15, -0.1) is 0 Å². The van der Waals surface area contributed by atoms with Gasteiger partial charge in [0.1, 0.15) is 6.10 Å². The van der Waals surface area contributed by atoms with Gasteiger partial charge in [0.2, 0.25) is 0 Å². The molecule has 7 heteroatoms. The van der Waals surface area contributed by atoms with Gasteiger partial charge < -0.3 is 15.2 Å². The van der Waals surface area contributed by atoms with Crippen LogP contribution in [0.5, 0.6) is 0 Å². The fourth-order valence-corrected chi connectivity index (χ4v) is 2.47. The van der Waals surface area contributed by atoms with E-state index in [-0.39, 0.29) is 11.9 Å². The summed E-state index contributed by atoms with van der Waals surface area (Å²) in [6.07, 6.45) is 0.960. The predicted octanol–water partition coefficient (Wildman–Crippen LogP) is 2.69. The smallest absolute Gasteiger partial charge is 0.426 e. The second kappa shape index (κ2) is 10.7. The van der Waals surface area contributed by atoms with Crippen LogP contribution in [0.4, 0.5) is 0 Å². The van der Waals surface area contributed by atoms with Crippen LogP contribution in [0.2, 0.25) is 5.02 Å². The van der Waals surface area contributed by atoms with Gasteiger partial charge in [0, 0.05) is 9.47 Å². The molecule has 0 aliphatic rings. The van der Waals surface area contributed by atoms with E-state index >= 15 is 0 Å². The average molecular weight is 420 g/mol. The number of hydrogen-bond donors (Lipinski definition) is 2. The molecule has 0 saturated heterocycles. The maximum atomic E-state index is 6.20. The molecule has 0 heterocycles. The lowest BCUT2D eigenvalue weighted by Crippen LogP contribution is -2.74. The van der Waals surface area contributed by atoms with Crippen LogP contribution in [0, 0.1) is 5.92 Å². The lowest BCUT2D eigenvalue weighted by molar-refractivity contribution is -0.518. The molecule has 1 aromatic carbocycles. The number of amidine groups is 2. The number of benzene rings is 1. The lowest BCUT2D eigenvalue weighted by Gasteiger charge is -2.06. The molecule has 0 unspecified atom stereocenters. The summed E-state index contributed by atoms with van der Waals surface area (Å²) in [5.41, 5.74) is 6.71. The molecule has 0 aromatic heterocycles. The second-order valence-electron chi connectivity index (χ2n) is 6.00. The zero-order valence-corrected chi connectivity index (χ0v) is 16.9. The molecule has 0 bridgehead atoms. The molecule has 0 radical (unpaired) electrons. The number of rotatable bonds is 7. The first-order valence-corrected chi connectivity index (χ1v) is 9.11. The van der Waals surface area contributed by atoms with E-state index in [1.807, 2.05) is 19.9 Å². The van der Waals surface area contributed by atoms with Gasteiger partial charge in [-0.3, -0.25) is 0 Å². The molecule has 0 aliphatic heterocycles. The Balaban J connectivity index is 2.82. The molecule has 0 amide bonds. The van der Waals surface area contributed by atoms with Crippen LogP contribution in [-0.2, 0) is 9.47 Å². The van der Waals surface area contributed by atoms with Crippen LogP contribution in [0.1, 0.15) is 39.7 Å². The zero-order valence-electron chi connectivity index (χ0n) is 14.6. The van der Waals surface area contributed by atoms with Crippen molar-refractivity contribution in [1.29, 1.82) is 0 Å². The van der Waals surface area contributed by atoms with E-state index in [0.29, 0.717) is 35.9 Å². The van der Waals surface area contributed by atoms with Crippen molar-refractivity contribution in [2.75, 3.05) is 13.3 Å². The predicted molar refractivity (Wildman–Crippen MR) is 102 cm³/mol. The van der Waals surface area contributed by atoms with Gasteiger partial charge >= 0.3 is 6.02 Å². The van der Waals surface area contributed by atoms with Crippen LogP contribution in [0.25, 0.3) is 0 Å². The maximum absolute atomic E-state index is 6.20. The summed E-state index contributed by atoms with van der Waals surface area (Å²) in [5, 5.41) is 0.516. The number of nitrogens with two attached hydrogens (primary N) is 1. The number of ether oxygens (including phenoxy) is 2. The van der Waals surface area contributed by atoms with Gasteiger partial charge in [0.15, 0.2) is 6.73 Å². The summed E-state index contributed by atoms with van der Waals surface area (Å²) in [4.78, 5) is 7.32. The fourth-order valence-electron chi connectivity index (χ4n) is 1.70. The van der Waals surface area contributed by atoms with Crippen molar-refractivity contribution < 1.29 is 14.5 Å². The number of aliphatic imine (C=N–C) groups is 1. The fraction of sp³-hybridized carbons (Fsp3) is 0.529.